The molecule has 3 rings (SSSR count). The van der Waals surface area contributed by atoms with Gasteiger partial charge in [-0.25, -0.2) is 0 Å². The second-order valence-corrected chi connectivity index (χ2v) is 5.35. The van der Waals surface area contributed by atoms with E-state index >= 15 is 0 Å². The van der Waals surface area contributed by atoms with Gasteiger partial charge in [0.15, 0.2) is 29.3 Å². The maximum atomic E-state index is 11.5. The number of carbonyl (C=O) groups is 1. The molecule has 1 aromatic rings. The molecule has 2 heterocycles. The number of hydrogen-bond donors (Lipinski definition) is 0. The van der Waals surface area contributed by atoms with Crippen LogP contribution in [0.25, 0.3) is 0 Å². The third-order valence-corrected chi connectivity index (χ3v) is 3.87. The van der Waals surface area contributed by atoms with Crippen molar-refractivity contribution in [2.45, 2.75) is 52.1 Å². The topological polar surface area (TPSA) is 54.0 Å². The van der Waals surface area contributed by atoms with Crippen LogP contribution in [-0.2, 0) is 0 Å². The van der Waals surface area contributed by atoms with Crippen molar-refractivity contribution in [2.24, 2.45) is 0 Å². The average molecular weight is 278 g/mol. The first kappa shape index (κ1) is 13.1. The van der Waals surface area contributed by atoms with Gasteiger partial charge in [-0.15, -0.1) is 0 Å². The molecule has 0 fully saturated rings. The van der Waals surface area contributed by atoms with Crippen molar-refractivity contribution in [2.75, 3.05) is 0 Å². The molecule has 0 amide bonds. The molecular weight excluding hydrogens is 260 g/mol. The SMILES string of the molecule is C[C@H]1Oc2cc3c(c(C=O)c2O[C@@H]1C)O[C@H](C)[C@@H](C)O3. The molecule has 0 saturated carbocycles. The van der Waals surface area contributed by atoms with Crippen molar-refractivity contribution in [1.29, 1.82) is 0 Å². The highest BCUT2D eigenvalue weighted by molar-refractivity contribution is 5.88. The predicted octanol–water partition coefficient (Wildman–Crippen LogP) is 2.60. The summed E-state index contributed by atoms with van der Waals surface area (Å²) in [4.78, 5) is 11.5. The molecule has 2 aliphatic heterocycles. The molecule has 4 atom stereocenters. The summed E-state index contributed by atoms with van der Waals surface area (Å²) in [6.45, 7) is 7.67. The fourth-order valence-corrected chi connectivity index (χ4v) is 2.30. The molecule has 0 radical (unpaired) electrons. The maximum Gasteiger partial charge on any atom is 0.176 e. The van der Waals surface area contributed by atoms with Crippen LogP contribution in [0.5, 0.6) is 23.0 Å². The molecule has 0 spiro atoms. The highest BCUT2D eigenvalue weighted by Gasteiger charge is 2.34. The second-order valence-electron chi connectivity index (χ2n) is 5.35. The van der Waals surface area contributed by atoms with Gasteiger partial charge < -0.3 is 18.9 Å². The van der Waals surface area contributed by atoms with E-state index in [1.54, 1.807) is 6.07 Å². The lowest BCUT2D eigenvalue weighted by Gasteiger charge is -2.35. The monoisotopic (exact) mass is 278 g/mol. The summed E-state index contributed by atoms with van der Waals surface area (Å²) in [5.41, 5.74) is 0.356. The van der Waals surface area contributed by atoms with E-state index in [1.165, 1.54) is 0 Å². The summed E-state index contributed by atoms with van der Waals surface area (Å²) in [7, 11) is 0. The Labute approximate surface area is 117 Å². The molecule has 108 valence electrons. The van der Waals surface area contributed by atoms with E-state index in [9.17, 15) is 4.79 Å². The fourth-order valence-electron chi connectivity index (χ4n) is 2.30. The lowest BCUT2D eigenvalue weighted by Crippen LogP contribution is -2.38. The summed E-state index contributed by atoms with van der Waals surface area (Å²) >= 11 is 0. The Morgan fingerprint density at radius 1 is 0.800 bits per heavy atom. The zero-order valence-electron chi connectivity index (χ0n) is 12.0. The number of carbonyl (C=O) groups excluding carboxylic acids is 1. The maximum absolute atomic E-state index is 11.5. The Balaban J connectivity index is 2.13. The molecule has 2 aliphatic rings. The van der Waals surface area contributed by atoms with Crippen LogP contribution in [0.2, 0.25) is 0 Å². The van der Waals surface area contributed by atoms with Crippen LogP contribution in [0.1, 0.15) is 38.1 Å². The average Bonchev–Trinajstić information content (AvgIpc) is 2.40. The van der Waals surface area contributed by atoms with Gasteiger partial charge in [-0.2, -0.15) is 0 Å². The summed E-state index contributed by atoms with van der Waals surface area (Å²) in [5, 5.41) is 0. The zero-order valence-corrected chi connectivity index (χ0v) is 12.0. The molecule has 5 heteroatoms. The highest BCUT2D eigenvalue weighted by Crippen LogP contribution is 2.48. The lowest BCUT2D eigenvalue weighted by molar-refractivity contribution is 0.0279. The first-order valence-electron chi connectivity index (χ1n) is 6.84. The van der Waals surface area contributed by atoms with Gasteiger partial charge in [0.05, 0.1) is 0 Å². The van der Waals surface area contributed by atoms with Crippen LogP contribution < -0.4 is 18.9 Å². The summed E-state index contributed by atoms with van der Waals surface area (Å²) in [6.07, 6.45) is 0.317. The van der Waals surface area contributed by atoms with Crippen LogP contribution >= 0.6 is 0 Å². The Kier molecular flexibility index (Phi) is 3.00. The summed E-state index contributed by atoms with van der Waals surface area (Å²) in [5.74, 6) is 1.94. The third kappa shape index (κ3) is 1.88. The minimum atomic E-state index is -0.125. The number of hydrogen-bond acceptors (Lipinski definition) is 5. The van der Waals surface area contributed by atoms with E-state index in [0.29, 0.717) is 28.6 Å². The van der Waals surface area contributed by atoms with E-state index in [-0.39, 0.29) is 24.4 Å². The van der Waals surface area contributed by atoms with Crippen molar-refractivity contribution in [3.63, 3.8) is 0 Å². The van der Waals surface area contributed by atoms with Crippen molar-refractivity contribution in [3.8, 4) is 23.0 Å². The molecule has 5 nitrogen and oxygen atoms in total. The van der Waals surface area contributed by atoms with Gasteiger partial charge in [0.1, 0.15) is 30.0 Å². The molecule has 1 aromatic carbocycles. The van der Waals surface area contributed by atoms with Gasteiger partial charge in [0.25, 0.3) is 0 Å². The van der Waals surface area contributed by atoms with Crippen molar-refractivity contribution < 1.29 is 23.7 Å². The lowest BCUT2D eigenvalue weighted by atomic mass is 10.1. The Hall–Kier alpha value is -1.91. The van der Waals surface area contributed by atoms with E-state index < -0.39 is 0 Å². The second kappa shape index (κ2) is 4.58. The Bertz CT molecular complexity index is 511. The normalized spacial score (nSPS) is 30.8. The van der Waals surface area contributed by atoms with Crippen LogP contribution in [-0.4, -0.2) is 30.7 Å². The van der Waals surface area contributed by atoms with Crippen LogP contribution in [0.4, 0.5) is 0 Å². The minimum Gasteiger partial charge on any atom is -0.483 e. The molecule has 0 N–H and O–H groups in total. The highest BCUT2D eigenvalue weighted by atomic mass is 16.6. The Morgan fingerprint density at radius 2 is 1.20 bits per heavy atom. The zero-order chi connectivity index (χ0) is 14.4. The quantitative estimate of drug-likeness (QED) is 0.739. The third-order valence-electron chi connectivity index (χ3n) is 3.87. The van der Waals surface area contributed by atoms with Crippen LogP contribution in [0.3, 0.4) is 0 Å². The fraction of sp³-hybridized carbons (Fsp3) is 0.533. The first-order chi connectivity index (χ1) is 9.51. The van der Waals surface area contributed by atoms with E-state index in [0.717, 1.165) is 6.29 Å². The molecule has 0 unspecified atom stereocenters. The minimum absolute atomic E-state index is 0.0825. The van der Waals surface area contributed by atoms with Gasteiger partial charge in [-0.3, -0.25) is 4.79 Å². The van der Waals surface area contributed by atoms with E-state index in [1.807, 2.05) is 27.7 Å². The predicted molar refractivity (Wildman–Crippen MR) is 72.2 cm³/mol. The smallest absolute Gasteiger partial charge is 0.176 e. The summed E-state index contributed by atoms with van der Waals surface area (Å²) in [6, 6.07) is 1.74. The van der Waals surface area contributed by atoms with Gasteiger partial charge >= 0.3 is 0 Å². The van der Waals surface area contributed by atoms with Gasteiger partial charge in [-0.05, 0) is 27.7 Å². The molecular formula is C15H18O5. The van der Waals surface area contributed by atoms with Crippen LogP contribution in [0.15, 0.2) is 6.07 Å². The Morgan fingerprint density at radius 3 is 1.60 bits per heavy atom. The van der Waals surface area contributed by atoms with Crippen molar-refractivity contribution >= 4 is 6.29 Å². The van der Waals surface area contributed by atoms with E-state index in [2.05, 4.69) is 0 Å². The first-order valence-corrected chi connectivity index (χ1v) is 6.84. The molecule has 20 heavy (non-hydrogen) atoms. The number of ether oxygens (including phenoxy) is 4. The van der Waals surface area contributed by atoms with Crippen molar-refractivity contribution in [1.82, 2.24) is 0 Å². The largest absolute Gasteiger partial charge is 0.483 e. The van der Waals surface area contributed by atoms with Crippen LogP contribution in [0, 0.1) is 0 Å². The van der Waals surface area contributed by atoms with Crippen molar-refractivity contribution in [3.05, 3.63) is 11.6 Å². The van der Waals surface area contributed by atoms with Gasteiger partial charge in [0, 0.05) is 6.07 Å². The number of benzene rings is 1. The standard InChI is InChI=1S/C15H18O5/c1-7-9(3)19-14-11(6-16)15-13(5-12(14)17-7)18-8(2)10(4)20-15/h5-10H,1-4H3/t7-,8-,9-,10-/m1/s1. The number of aldehydes is 1. The van der Waals surface area contributed by atoms with Gasteiger partial charge in [-0.1, -0.05) is 0 Å². The van der Waals surface area contributed by atoms with E-state index in [4.69, 9.17) is 18.9 Å². The number of rotatable bonds is 1. The summed E-state index contributed by atoms with van der Waals surface area (Å²) < 4.78 is 23.2. The molecule has 0 bridgehead atoms. The molecule has 0 saturated heterocycles. The molecule has 0 aliphatic carbocycles. The van der Waals surface area contributed by atoms with Gasteiger partial charge in [0.2, 0.25) is 0 Å². The molecule has 0 aromatic heterocycles. The number of fused-ring (bicyclic) bond motifs is 2.